The molecule has 2 unspecified atom stereocenters. The first kappa shape index (κ1) is 20.2. The number of rotatable bonds is 7. The Morgan fingerprint density at radius 2 is 1.93 bits per heavy atom. The summed E-state index contributed by atoms with van der Waals surface area (Å²) in [6, 6.07) is 15.5. The van der Waals surface area contributed by atoms with Gasteiger partial charge in [-0.05, 0) is 29.8 Å². The van der Waals surface area contributed by atoms with Crippen molar-refractivity contribution >= 4 is 38.3 Å². The van der Waals surface area contributed by atoms with Gasteiger partial charge in [0.25, 0.3) is 0 Å². The Balaban J connectivity index is 2.12. The Hall–Kier alpha value is -2.57. The molecule has 1 aromatic heterocycles. The Morgan fingerprint density at radius 1 is 1.21 bits per heavy atom. The molecule has 0 bridgehead atoms. The van der Waals surface area contributed by atoms with Crippen molar-refractivity contribution in [3.63, 3.8) is 0 Å². The van der Waals surface area contributed by atoms with Gasteiger partial charge in [0.1, 0.15) is 5.25 Å². The van der Waals surface area contributed by atoms with Gasteiger partial charge in [-0.1, -0.05) is 54.9 Å². The van der Waals surface area contributed by atoms with Crippen LogP contribution in [0.2, 0.25) is 5.02 Å². The number of hydrogen-bond acceptors (Lipinski definition) is 4. The summed E-state index contributed by atoms with van der Waals surface area (Å²) in [5, 5.41) is 0.222. The number of esters is 1. The summed E-state index contributed by atoms with van der Waals surface area (Å²) in [5.74, 6) is -0.610. The van der Waals surface area contributed by atoms with Crippen molar-refractivity contribution in [1.82, 2.24) is 4.98 Å². The molecule has 0 spiro atoms. The molecule has 0 radical (unpaired) electrons. The molecule has 146 valence electrons. The normalized spacial score (nSPS) is 13.8. The van der Waals surface area contributed by atoms with Crippen LogP contribution in [-0.2, 0) is 19.4 Å². The van der Waals surface area contributed by atoms with E-state index >= 15 is 0 Å². The lowest BCUT2D eigenvalue weighted by Crippen LogP contribution is -2.24. The van der Waals surface area contributed by atoms with Crippen LogP contribution in [0.25, 0.3) is 10.9 Å². The third-order valence-electron chi connectivity index (χ3n) is 4.38. The van der Waals surface area contributed by atoms with Crippen LogP contribution in [0, 0.1) is 0 Å². The van der Waals surface area contributed by atoms with Crippen LogP contribution in [0.1, 0.15) is 35.3 Å². The maximum Gasteiger partial charge on any atom is 0.307 e. The first-order valence-corrected chi connectivity index (χ1v) is 10.7. The smallest absolute Gasteiger partial charge is 0.307 e. The molecule has 0 aliphatic carbocycles. The van der Waals surface area contributed by atoms with E-state index in [9.17, 15) is 13.2 Å². The second-order valence-electron chi connectivity index (χ2n) is 6.29. The van der Waals surface area contributed by atoms with Crippen molar-refractivity contribution in [1.29, 1.82) is 0 Å². The third kappa shape index (κ3) is 3.98. The summed E-state index contributed by atoms with van der Waals surface area (Å²) in [6.07, 6.45) is 1.40. The Labute approximate surface area is 168 Å². The van der Waals surface area contributed by atoms with E-state index in [-0.39, 0.29) is 12.1 Å². The van der Waals surface area contributed by atoms with E-state index in [4.69, 9.17) is 16.3 Å². The molecule has 2 aromatic carbocycles. The minimum absolute atomic E-state index is 0.0577. The highest BCUT2D eigenvalue weighted by molar-refractivity contribution is 7.91. The molecule has 0 aliphatic rings. The molecule has 28 heavy (non-hydrogen) atoms. The number of sulfone groups is 1. The van der Waals surface area contributed by atoms with Crippen molar-refractivity contribution in [3.05, 3.63) is 83.5 Å². The van der Waals surface area contributed by atoms with E-state index in [0.717, 1.165) is 5.39 Å². The Morgan fingerprint density at radius 3 is 2.57 bits per heavy atom. The van der Waals surface area contributed by atoms with Crippen molar-refractivity contribution in [2.24, 2.45) is 0 Å². The standard InChI is InChI=1S/C21H20ClNO4S/c1-3-19(14-8-6-5-7-9-14)28(25,26)21(27-20(24)4-2)18-13-15-12-16(22)10-11-17(15)23-18/h3,5-13,19,21,23H,1,4H2,2H3. The Bertz CT molecular complexity index is 1110. The lowest BCUT2D eigenvalue weighted by molar-refractivity contribution is -0.145. The number of aromatic nitrogens is 1. The molecule has 0 saturated heterocycles. The van der Waals surface area contributed by atoms with Gasteiger partial charge < -0.3 is 9.72 Å². The van der Waals surface area contributed by atoms with Crippen LogP contribution in [0.15, 0.2) is 67.3 Å². The van der Waals surface area contributed by atoms with Gasteiger partial charge in [-0.25, -0.2) is 8.42 Å². The number of halogens is 1. The number of fused-ring (bicyclic) bond motifs is 1. The number of nitrogens with one attached hydrogen (secondary N) is 1. The molecular weight excluding hydrogens is 398 g/mol. The zero-order chi connectivity index (χ0) is 20.3. The monoisotopic (exact) mass is 417 g/mol. The minimum atomic E-state index is -4.01. The molecule has 3 aromatic rings. The summed E-state index contributed by atoms with van der Waals surface area (Å²) in [6.45, 7) is 5.30. The molecule has 5 nitrogen and oxygen atoms in total. The van der Waals surface area contributed by atoms with E-state index in [0.29, 0.717) is 16.1 Å². The van der Waals surface area contributed by atoms with Crippen LogP contribution >= 0.6 is 11.6 Å². The predicted molar refractivity (Wildman–Crippen MR) is 111 cm³/mol. The molecule has 0 aliphatic heterocycles. The average molecular weight is 418 g/mol. The number of hydrogen-bond donors (Lipinski definition) is 1. The highest BCUT2D eigenvalue weighted by Gasteiger charge is 2.38. The molecular formula is C21H20ClNO4S. The molecule has 3 rings (SSSR count). The third-order valence-corrected chi connectivity index (χ3v) is 6.73. The van der Waals surface area contributed by atoms with Crippen LogP contribution in [0.5, 0.6) is 0 Å². The lowest BCUT2D eigenvalue weighted by Gasteiger charge is -2.22. The zero-order valence-corrected chi connectivity index (χ0v) is 16.8. The fourth-order valence-electron chi connectivity index (χ4n) is 3.00. The molecule has 1 N–H and O–H groups in total. The van der Waals surface area contributed by atoms with Gasteiger partial charge in [-0.3, -0.25) is 4.79 Å². The Kier molecular flexibility index (Phi) is 5.91. The lowest BCUT2D eigenvalue weighted by atomic mass is 10.1. The topological polar surface area (TPSA) is 76.2 Å². The molecule has 0 saturated carbocycles. The van der Waals surface area contributed by atoms with Gasteiger partial charge in [-0.2, -0.15) is 0 Å². The molecule has 1 heterocycles. The van der Waals surface area contributed by atoms with Crippen LogP contribution < -0.4 is 0 Å². The minimum Gasteiger partial charge on any atom is -0.439 e. The molecule has 0 fully saturated rings. The number of H-pyrrole nitrogens is 1. The van der Waals surface area contributed by atoms with Crippen molar-refractivity contribution in [3.8, 4) is 0 Å². The number of benzene rings is 2. The van der Waals surface area contributed by atoms with Crippen molar-refractivity contribution < 1.29 is 17.9 Å². The van der Waals surface area contributed by atoms with Crippen molar-refractivity contribution in [2.45, 2.75) is 24.0 Å². The van der Waals surface area contributed by atoms with Gasteiger partial charge in [0.15, 0.2) is 0 Å². The molecule has 7 heteroatoms. The van der Waals surface area contributed by atoms with E-state index in [1.807, 2.05) is 0 Å². The number of aromatic amines is 1. The largest absolute Gasteiger partial charge is 0.439 e. The van der Waals surface area contributed by atoms with Gasteiger partial charge in [-0.15, -0.1) is 6.58 Å². The number of carbonyl (C=O) groups excluding carboxylic acids is 1. The average Bonchev–Trinajstić information content (AvgIpc) is 3.09. The molecule has 0 amide bonds. The maximum absolute atomic E-state index is 13.5. The zero-order valence-electron chi connectivity index (χ0n) is 15.3. The van der Waals surface area contributed by atoms with E-state index < -0.39 is 26.5 Å². The summed E-state index contributed by atoms with van der Waals surface area (Å²) in [5.41, 5.74) is 0.0207. The van der Waals surface area contributed by atoms with Gasteiger partial charge in [0, 0.05) is 22.3 Å². The molecule has 2 atom stereocenters. The highest BCUT2D eigenvalue weighted by atomic mass is 35.5. The van der Waals surface area contributed by atoms with Crippen LogP contribution in [-0.4, -0.2) is 19.4 Å². The van der Waals surface area contributed by atoms with E-state index in [2.05, 4.69) is 11.6 Å². The maximum atomic E-state index is 13.5. The van der Waals surface area contributed by atoms with E-state index in [1.54, 1.807) is 61.5 Å². The summed E-state index contributed by atoms with van der Waals surface area (Å²) in [7, 11) is -4.01. The summed E-state index contributed by atoms with van der Waals surface area (Å²) >= 11 is 6.03. The van der Waals surface area contributed by atoms with Gasteiger partial charge in [0.05, 0.1) is 5.69 Å². The van der Waals surface area contributed by atoms with Gasteiger partial charge >= 0.3 is 5.97 Å². The quantitative estimate of drug-likeness (QED) is 0.427. The van der Waals surface area contributed by atoms with Crippen LogP contribution in [0.3, 0.4) is 0 Å². The fraction of sp³-hybridized carbons (Fsp3) is 0.190. The van der Waals surface area contributed by atoms with E-state index in [1.165, 1.54) is 6.08 Å². The SMILES string of the molecule is C=CC(c1ccccc1)S(=O)(=O)C(OC(=O)CC)c1cc2cc(Cl)ccc2[nH]1. The highest BCUT2D eigenvalue weighted by Crippen LogP contribution is 2.37. The first-order chi connectivity index (χ1) is 13.4. The predicted octanol–water partition coefficient (Wildman–Crippen LogP) is 5.12. The van der Waals surface area contributed by atoms with Gasteiger partial charge in [0.2, 0.25) is 15.3 Å². The second kappa shape index (κ2) is 8.20. The van der Waals surface area contributed by atoms with Crippen LogP contribution in [0.4, 0.5) is 0 Å². The fourth-order valence-corrected chi connectivity index (χ4v) is 4.97. The summed E-state index contributed by atoms with van der Waals surface area (Å²) in [4.78, 5) is 15.1. The van der Waals surface area contributed by atoms with Crippen molar-refractivity contribution in [2.75, 3.05) is 0 Å². The number of carbonyl (C=O) groups is 1. The number of ether oxygens (including phenoxy) is 1. The first-order valence-electron chi connectivity index (χ1n) is 8.74. The summed E-state index contributed by atoms with van der Waals surface area (Å²) < 4.78 is 32.3. The second-order valence-corrected chi connectivity index (χ2v) is 8.84.